The van der Waals surface area contributed by atoms with Gasteiger partial charge in [-0.3, -0.25) is 9.59 Å². The highest BCUT2D eigenvalue weighted by atomic mass is 16.2. The van der Waals surface area contributed by atoms with Crippen molar-refractivity contribution in [2.45, 2.75) is 33.2 Å². The van der Waals surface area contributed by atoms with Crippen molar-refractivity contribution in [3.63, 3.8) is 0 Å². The summed E-state index contributed by atoms with van der Waals surface area (Å²) in [6, 6.07) is 14.4. The van der Waals surface area contributed by atoms with E-state index in [0.29, 0.717) is 5.56 Å². The second-order valence-electron chi connectivity index (χ2n) is 7.22. The predicted octanol–water partition coefficient (Wildman–Crippen LogP) is 3.46. The first-order valence-corrected chi connectivity index (χ1v) is 9.54. The van der Waals surface area contributed by atoms with E-state index in [0.717, 1.165) is 25.2 Å². The number of nitrogens with one attached hydrogen (secondary N) is 2. The molecule has 0 bridgehead atoms. The minimum absolute atomic E-state index is 0.0285. The maximum atomic E-state index is 12.8. The van der Waals surface area contributed by atoms with Gasteiger partial charge in [-0.2, -0.15) is 0 Å². The van der Waals surface area contributed by atoms with E-state index < -0.39 is 6.04 Å². The van der Waals surface area contributed by atoms with Crippen molar-refractivity contribution < 1.29 is 9.59 Å². The first-order chi connectivity index (χ1) is 13.0. The Bertz CT molecular complexity index is 818. The van der Waals surface area contributed by atoms with Crippen molar-refractivity contribution in [3.05, 3.63) is 59.7 Å². The zero-order valence-electron chi connectivity index (χ0n) is 16.2. The number of hydrogen-bond donors (Lipinski definition) is 2. The van der Waals surface area contributed by atoms with Crippen molar-refractivity contribution in [3.8, 4) is 0 Å². The molecule has 1 atom stereocenters. The maximum Gasteiger partial charge on any atom is 0.251 e. The molecule has 1 aliphatic rings. The van der Waals surface area contributed by atoms with Crippen molar-refractivity contribution in [1.29, 1.82) is 0 Å². The number of carbonyl (C=O) groups excluding carboxylic acids is 2. The minimum atomic E-state index is -0.603. The molecule has 27 heavy (non-hydrogen) atoms. The van der Waals surface area contributed by atoms with Gasteiger partial charge >= 0.3 is 0 Å². The molecule has 1 aliphatic heterocycles. The molecule has 0 radical (unpaired) electrons. The highest BCUT2D eigenvalue weighted by Crippen LogP contribution is 2.30. The Morgan fingerprint density at radius 3 is 2.52 bits per heavy atom. The van der Waals surface area contributed by atoms with E-state index >= 15 is 0 Å². The number of anilines is 2. The molecule has 0 spiro atoms. The number of nitrogens with zero attached hydrogens (tertiary/aromatic N) is 1. The van der Waals surface area contributed by atoms with Crippen molar-refractivity contribution in [1.82, 2.24) is 5.32 Å². The molecule has 142 valence electrons. The van der Waals surface area contributed by atoms with Gasteiger partial charge in [0.15, 0.2) is 0 Å². The highest BCUT2D eigenvalue weighted by molar-refractivity contribution is 6.01. The average Bonchev–Trinajstić information content (AvgIpc) is 3.08. The lowest BCUT2D eigenvalue weighted by Crippen LogP contribution is -2.47. The van der Waals surface area contributed by atoms with E-state index in [-0.39, 0.29) is 17.7 Å². The van der Waals surface area contributed by atoms with Crippen LogP contribution in [0.3, 0.4) is 0 Å². The van der Waals surface area contributed by atoms with Crippen molar-refractivity contribution in [2.75, 3.05) is 23.3 Å². The largest absolute Gasteiger partial charge is 0.371 e. The monoisotopic (exact) mass is 365 g/mol. The Kier molecular flexibility index (Phi) is 5.79. The topological polar surface area (TPSA) is 61.4 Å². The summed E-state index contributed by atoms with van der Waals surface area (Å²) in [6.07, 6.45) is 1.04. The fourth-order valence-corrected chi connectivity index (χ4v) is 3.42. The molecule has 0 aliphatic carbocycles. The maximum absolute atomic E-state index is 12.8. The number of fused-ring (bicyclic) bond motifs is 1. The third-order valence-electron chi connectivity index (χ3n) is 5.00. The molecule has 0 aromatic heterocycles. The minimum Gasteiger partial charge on any atom is -0.371 e. The quantitative estimate of drug-likeness (QED) is 0.824. The Hall–Kier alpha value is -2.82. The van der Waals surface area contributed by atoms with E-state index in [4.69, 9.17) is 0 Å². The molecular weight excluding hydrogens is 338 g/mol. The molecule has 2 aromatic rings. The summed E-state index contributed by atoms with van der Waals surface area (Å²) in [5, 5.41) is 5.84. The van der Waals surface area contributed by atoms with Gasteiger partial charge in [-0.15, -0.1) is 0 Å². The molecule has 0 fully saturated rings. The van der Waals surface area contributed by atoms with Crippen LogP contribution in [0.1, 0.15) is 36.7 Å². The molecule has 3 rings (SSSR count). The Morgan fingerprint density at radius 2 is 1.85 bits per heavy atom. The number of rotatable bonds is 6. The van der Waals surface area contributed by atoms with Crippen LogP contribution in [0.15, 0.2) is 48.5 Å². The number of carbonyl (C=O) groups is 2. The van der Waals surface area contributed by atoms with Crippen LogP contribution < -0.4 is 15.5 Å². The molecule has 5 nitrogen and oxygen atoms in total. The lowest BCUT2D eigenvalue weighted by atomic mass is 10.0. The van der Waals surface area contributed by atoms with Crippen LogP contribution in [-0.4, -0.2) is 30.9 Å². The van der Waals surface area contributed by atoms with Gasteiger partial charge in [0.1, 0.15) is 6.04 Å². The number of hydrogen-bond acceptors (Lipinski definition) is 3. The van der Waals surface area contributed by atoms with E-state index in [1.165, 1.54) is 11.3 Å². The van der Waals surface area contributed by atoms with Gasteiger partial charge in [0.25, 0.3) is 5.91 Å². The molecule has 2 amide bonds. The summed E-state index contributed by atoms with van der Waals surface area (Å²) < 4.78 is 0. The Morgan fingerprint density at radius 1 is 1.11 bits per heavy atom. The van der Waals surface area contributed by atoms with E-state index in [1.54, 1.807) is 12.1 Å². The van der Waals surface area contributed by atoms with Gasteiger partial charge in [-0.05, 0) is 49.1 Å². The molecule has 1 unspecified atom stereocenters. The number of amides is 2. The van der Waals surface area contributed by atoms with Gasteiger partial charge in [0.2, 0.25) is 5.91 Å². The Labute approximate surface area is 160 Å². The van der Waals surface area contributed by atoms with Crippen LogP contribution in [-0.2, 0) is 11.2 Å². The van der Waals surface area contributed by atoms with Crippen LogP contribution in [0.25, 0.3) is 0 Å². The molecule has 2 N–H and O–H groups in total. The summed E-state index contributed by atoms with van der Waals surface area (Å²) in [6.45, 7) is 7.96. The SMILES string of the molecule is CCN1CCc2ccc(NC(=O)C(NC(=O)c3ccccc3)C(C)C)cc21. The van der Waals surface area contributed by atoms with Gasteiger partial charge < -0.3 is 15.5 Å². The second kappa shape index (κ2) is 8.25. The summed E-state index contributed by atoms with van der Waals surface area (Å²) >= 11 is 0. The Balaban J connectivity index is 1.72. The lowest BCUT2D eigenvalue weighted by Gasteiger charge is -2.22. The molecule has 1 heterocycles. The van der Waals surface area contributed by atoms with E-state index in [1.807, 2.05) is 44.2 Å². The van der Waals surface area contributed by atoms with Gasteiger partial charge in [-0.1, -0.05) is 38.1 Å². The standard InChI is InChI=1S/C22H27N3O2/c1-4-25-13-12-16-10-11-18(14-19(16)25)23-22(27)20(15(2)3)24-21(26)17-8-6-5-7-9-17/h5-11,14-15,20H,4,12-13H2,1-3H3,(H,23,27)(H,24,26). The summed E-state index contributed by atoms with van der Waals surface area (Å²) in [7, 11) is 0. The lowest BCUT2D eigenvalue weighted by molar-refractivity contribution is -0.118. The van der Waals surface area contributed by atoms with E-state index in [9.17, 15) is 9.59 Å². The van der Waals surface area contributed by atoms with Gasteiger partial charge in [0, 0.05) is 30.0 Å². The first-order valence-electron chi connectivity index (χ1n) is 9.54. The third-order valence-corrected chi connectivity index (χ3v) is 5.00. The van der Waals surface area contributed by atoms with Gasteiger partial charge in [-0.25, -0.2) is 0 Å². The van der Waals surface area contributed by atoms with Crippen LogP contribution in [0.5, 0.6) is 0 Å². The normalized spacial score (nSPS) is 14.0. The van der Waals surface area contributed by atoms with Crippen LogP contribution in [0.2, 0.25) is 0 Å². The summed E-state index contributed by atoms with van der Waals surface area (Å²) in [4.78, 5) is 27.6. The van der Waals surface area contributed by atoms with Crippen molar-refractivity contribution in [2.24, 2.45) is 5.92 Å². The molecule has 0 saturated carbocycles. The third kappa shape index (κ3) is 4.30. The first kappa shape index (κ1) is 19.0. The fraction of sp³-hybridized carbons (Fsp3) is 0.364. The molecule has 0 saturated heterocycles. The van der Waals surface area contributed by atoms with E-state index in [2.05, 4.69) is 28.5 Å². The summed E-state index contributed by atoms with van der Waals surface area (Å²) in [5.74, 6) is -0.468. The van der Waals surface area contributed by atoms with Gasteiger partial charge in [0.05, 0.1) is 0 Å². The smallest absolute Gasteiger partial charge is 0.251 e. The van der Waals surface area contributed by atoms with Crippen molar-refractivity contribution >= 4 is 23.2 Å². The number of benzene rings is 2. The zero-order valence-corrected chi connectivity index (χ0v) is 16.2. The summed E-state index contributed by atoms with van der Waals surface area (Å²) in [5.41, 5.74) is 3.81. The number of likely N-dealkylation sites (N-methyl/N-ethyl adjacent to an activating group) is 1. The average molecular weight is 365 g/mol. The van der Waals surface area contributed by atoms with Crippen LogP contribution in [0, 0.1) is 5.92 Å². The predicted molar refractivity (Wildman–Crippen MR) is 109 cm³/mol. The van der Waals surface area contributed by atoms with Crippen LogP contribution in [0.4, 0.5) is 11.4 Å². The van der Waals surface area contributed by atoms with Crippen LogP contribution >= 0.6 is 0 Å². The zero-order chi connectivity index (χ0) is 19.4. The molecule has 2 aromatic carbocycles. The fourth-order valence-electron chi connectivity index (χ4n) is 3.42. The molecule has 5 heteroatoms. The molecular formula is C22H27N3O2. The highest BCUT2D eigenvalue weighted by Gasteiger charge is 2.25. The second-order valence-corrected chi connectivity index (χ2v) is 7.22.